The molecule has 15 heavy (non-hydrogen) atoms. The first-order chi connectivity index (χ1) is 6.83. The zero-order chi connectivity index (χ0) is 9.97. The Morgan fingerprint density at radius 3 is 2.73 bits per heavy atom. The largest absolute Gasteiger partial charge is 0.326 e. The number of nitrogens with one attached hydrogen (secondary N) is 1. The number of aryl methyl sites for hydroxylation is 1. The first-order valence-corrected chi connectivity index (χ1v) is 5.13. The maximum atomic E-state index is 3.37. The van der Waals surface area contributed by atoms with E-state index in [1.54, 1.807) is 0 Å². The monoisotopic (exact) mass is 224 g/mol. The molecule has 1 heterocycles. The third kappa shape index (κ3) is 2.26. The van der Waals surface area contributed by atoms with Crippen LogP contribution in [0.2, 0.25) is 0 Å². The van der Waals surface area contributed by atoms with Crippen LogP contribution in [-0.4, -0.2) is 11.2 Å². The summed E-state index contributed by atoms with van der Waals surface area (Å²) in [6, 6.07) is 8.46. The smallest absolute Gasteiger partial charge is 0.0695 e. The van der Waals surface area contributed by atoms with Crippen molar-refractivity contribution >= 4 is 23.3 Å². The van der Waals surface area contributed by atoms with Gasteiger partial charge >= 0.3 is 0 Å². The summed E-state index contributed by atoms with van der Waals surface area (Å²) in [5, 5.41) is 1.33. The molecule has 0 aliphatic heterocycles. The van der Waals surface area contributed by atoms with Gasteiger partial charge in [0.05, 0.1) is 5.52 Å². The minimum atomic E-state index is 0. The molecule has 82 valence electrons. The van der Waals surface area contributed by atoms with Gasteiger partial charge in [-0.15, -0.1) is 12.4 Å². The second kappa shape index (κ2) is 5.08. The maximum absolute atomic E-state index is 3.37. The van der Waals surface area contributed by atoms with Crippen LogP contribution < -0.4 is 5.43 Å². The number of hydrogen-bond donors (Lipinski definition) is 1. The lowest BCUT2D eigenvalue weighted by molar-refractivity contribution is 0.830. The summed E-state index contributed by atoms with van der Waals surface area (Å²) in [7, 11) is 0. The van der Waals surface area contributed by atoms with E-state index >= 15 is 0 Å². The van der Waals surface area contributed by atoms with E-state index in [0.29, 0.717) is 0 Å². The highest BCUT2D eigenvalue weighted by Gasteiger charge is 2.02. The fraction of sp³-hybridized carbons (Fsp3) is 0.333. The van der Waals surface area contributed by atoms with Gasteiger partial charge in [0.25, 0.3) is 0 Å². The van der Waals surface area contributed by atoms with E-state index in [9.17, 15) is 0 Å². The van der Waals surface area contributed by atoms with Crippen LogP contribution >= 0.6 is 12.4 Å². The van der Waals surface area contributed by atoms with Crippen LogP contribution in [0.4, 0.5) is 0 Å². The Balaban J connectivity index is 0.00000112. The normalized spacial score (nSPS) is 10.0. The minimum absolute atomic E-state index is 0. The second-order valence-corrected chi connectivity index (χ2v) is 3.61. The van der Waals surface area contributed by atoms with Gasteiger partial charge < -0.3 is 5.43 Å². The Morgan fingerprint density at radius 2 is 2.00 bits per heavy atom. The molecule has 0 saturated carbocycles. The molecular weight excluding hydrogens is 208 g/mol. The van der Waals surface area contributed by atoms with Crippen molar-refractivity contribution in [2.45, 2.75) is 20.3 Å². The van der Waals surface area contributed by atoms with Crippen molar-refractivity contribution in [3.8, 4) is 0 Å². The summed E-state index contributed by atoms with van der Waals surface area (Å²) in [5.74, 6) is 0. The molecule has 1 aromatic heterocycles. The molecule has 1 N–H and O–H groups in total. The van der Waals surface area contributed by atoms with Gasteiger partial charge in [-0.1, -0.05) is 25.1 Å². The number of aromatic nitrogens is 1. The Hall–Kier alpha value is -1.15. The van der Waals surface area contributed by atoms with Crippen molar-refractivity contribution in [3.05, 3.63) is 36.0 Å². The van der Waals surface area contributed by atoms with Crippen LogP contribution in [0.1, 0.15) is 18.9 Å². The quantitative estimate of drug-likeness (QED) is 0.847. The average Bonchev–Trinajstić information content (AvgIpc) is 2.54. The Labute approximate surface area is 96.7 Å². The van der Waals surface area contributed by atoms with Crippen molar-refractivity contribution in [2.75, 3.05) is 12.0 Å². The van der Waals surface area contributed by atoms with E-state index in [0.717, 1.165) is 13.0 Å². The molecule has 0 atom stereocenters. The van der Waals surface area contributed by atoms with Gasteiger partial charge in [-0.3, -0.25) is 4.68 Å². The molecule has 2 rings (SSSR count). The standard InChI is InChI=1S/C12H16N2.ClH/c1-3-8-13-14-9-10(2)11-6-4-5-7-12(11)14;/h4-7,9,13H,3,8H2,1-2H3;1H. The number of para-hydroxylation sites is 1. The molecule has 0 spiro atoms. The zero-order valence-electron chi connectivity index (χ0n) is 9.16. The molecule has 2 nitrogen and oxygen atoms in total. The molecule has 0 radical (unpaired) electrons. The summed E-state index contributed by atoms with van der Waals surface area (Å²) in [4.78, 5) is 0. The van der Waals surface area contributed by atoms with Crippen LogP contribution in [0.3, 0.4) is 0 Å². The van der Waals surface area contributed by atoms with Crippen molar-refractivity contribution < 1.29 is 0 Å². The highest BCUT2D eigenvalue weighted by atomic mass is 35.5. The Bertz CT molecular complexity index is 434. The molecule has 0 unspecified atom stereocenters. The minimum Gasteiger partial charge on any atom is -0.326 e. The van der Waals surface area contributed by atoms with Gasteiger partial charge in [0.15, 0.2) is 0 Å². The number of hydrogen-bond acceptors (Lipinski definition) is 1. The molecule has 0 bridgehead atoms. The van der Waals surface area contributed by atoms with Gasteiger partial charge in [0, 0.05) is 18.1 Å². The first-order valence-electron chi connectivity index (χ1n) is 5.13. The van der Waals surface area contributed by atoms with Crippen LogP contribution in [0.5, 0.6) is 0 Å². The SMILES string of the molecule is CCCNn1cc(C)c2ccccc21.Cl. The molecular formula is C12H17ClN2. The number of benzene rings is 1. The third-order valence-electron chi connectivity index (χ3n) is 2.44. The molecule has 0 saturated heterocycles. The summed E-state index contributed by atoms with van der Waals surface area (Å²) in [6.07, 6.45) is 3.30. The van der Waals surface area contributed by atoms with Crippen molar-refractivity contribution in [1.82, 2.24) is 4.68 Å². The summed E-state index contributed by atoms with van der Waals surface area (Å²) < 4.78 is 2.12. The molecule has 3 heteroatoms. The summed E-state index contributed by atoms with van der Waals surface area (Å²) in [6.45, 7) is 5.33. The lowest BCUT2D eigenvalue weighted by atomic mass is 10.2. The van der Waals surface area contributed by atoms with Crippen molar-refractivity contribution in [1.29, 1.82) is 0 Å². The first kappa shape index (κ1) is 11.9. The number of nitrogens with zero attached hydrogens (tertiary/aromatic N) is 1. The average molecular weight is 225 g/mol. The van der Waals surface area contributed by atoms with Crippen LogP contribution in [-0.2, 0) is 0 Å². The van der Waals surface area contributed by atoms with Crippen LogP contribution in [0, 0.1) is 6.92 Å². The lowest BCUT2D eigenvalue weighted by Crippen LogP contribution is -2.13. The Kier molecular flexibility index (Phi) is 4.04. The van der Waals surface area contributed by atoms with E-state index in [4.69, 9.17) is 0 Å². The summed E-state index contributed by atoms with van der Waals surface area (Å²) in [5.41, 5.74) is 5.96. The Morgan fingerprint density at radius 1 is 1.27 bits per heavy atom. The van der Waals surface area contributed by atoms with E-state index in [-0.39, 0.29) is 12.4 Å². The predicted molar refractivity (Wildman–Crippen MR) is 68.4 cm³/mol. The van der Waals surface area contributed by atoms with Crippen molar-refractivity contribution in [3.63, 3.8) is 0 Å². The lowest BCUT2D eigenvalue weighted by Gasteiger charge is -2.06. The zero-order valence-corrected chi connectivity index (χ0v) is 9.97. The van der Waals surface area contributed by atoms with Gasteiger partial charge in [-0.2, -0.15) is 0 Å². The number of halogens is 1. The highest BCUT2D eigenvalue weighted by Crippen LogP contribution is 2.18. The second-order valence-electron chi connectivity index (χ2n) is 3.61. The topological polar surface area (TPSA) is 17.0 Å². The van der Waals surface area contributed by atoms with Crippen LogP contribution in [0.15, 0.2) is 30.5 Å². The predicted octanol–water partition coefficient (Wildman–Crippen LogP) is 3.33. The highest BCUT2D eigenvalue weighted by molar-refractivity contribution is 5.85. The van der Waals surface area contributed by atoms with E-state index in [2.05, 4.69) is 54.4 Å². The fourth-order valence-corrected chi connectivity index (χ4v) is 1.71. The number of rotatable bonds is 3. The van der Waals surface area contributed by atoms with Crippen LogP contribution in [0.25, 0.3) is 10.9 Å². The maximum Gasteiger partial charge on any atom is 0.0695 e. The van der Waals surface area contributed by atoms with Gasteiger partial charge in [-0.25, -0.2) is 0 Å². The van der Waals surface area contributed by atoms with E-state index in [1.165, 1.54) is 16.5 Å². The molecule has 0 aliphatic rings. The molecule has 1 aromatic carbocycles. The van der Waals surface area contributed by atoms with Gasteiger partial charge in [-0.05, 0) is 25.0 Å². The molecule has 0 fully saturated rings. The summed E-state index contributed by atoms with van der Waals surface area (Å²) >= 11 is 0. The molecule has 0 amide bonds. The third-order valence-corrected chi connectivity index (χ3v) is 2.44. The van der Waals surface area contributed by atoms with E-state index < -0.39 is 0 Å². The van der Waals surface area contributed by atoms with Gasteiger partial charge in [0.2, 0.25) is 0 Å². The fourth-order valence-electron chi connectivity index (χ4n) is 1.71. The van der Waals surface area contributed by atoms with Gasteiger partial charge in [0.1, 0.15) is 0 Å². The van der Waals surface area contributed by atoms with E-state index in [1.807, 2.05) is 0 Å². The molecule has 2 aromatic rings. The number of fused-ring (bicyclic) bond motifs is 1. The van der Waals surface area contributed by atoms with Crippen molar-refractivity contribution in [2.24, 2.45) is 0 Å². The molecule has 0 aliphatic carbocycles.